The van der Waals surface area contributed by atoms with Crippen LogP contribution in [0.4, 0.5) is 25.0 Å². The summed E-state index contributed by atoms with van der Waals surface area (Å²) >= 11 is 0. The molecule has 2 aromatic rings. The summed E-state index contributed by atoms with van der Waals surface area (Å²) in [6, 6.07) is 2.36. The van der Waals surface area contributed by atoms with E-state index >= 15 is 0 Å². The Morgan fingerprint density at radius 3 is 2.58 bits per heavy atom. The molecule has 2 fully saturated rings. The zero-order chi connectivity index (χ0) is 22.0. The number of amides is 2. The molecule has 3 heterocycles. The van der Waals surface area contributed by atoms with Crippen LogP contribution in [0.1, 0.15) is 32.2 Å². The van der Waals surface area contributed by atoms with Crippen LogP contribution in [-0.2, 0) is 9.53 Å². The van der Waals surface area contributed by atoms with Crippen molar-refractivity contribution in [3.63, 3.8) is 0 Å². The number of piperidine rings is 1. The number of halogens is 2. The Labute approximate surface area is 177 Å². The molecule has 0 aliphatic carbocycles. The number of cyclic esters (lactones) is 1. The fourth-order valence-corrected chi connectivity index (χ4v) is 3.89. The van der Waals surface area contributed by atoms with E-state index in [-0.39, 0.29) is 36.4 Å². The number of hydrogen-bond acceptors (Lipinski definition) is 7. The van der Waals surface area contributed by atoms with Gasteiger partial charge in [0.05, 0.1) is 24.8 Å². The van der Waals surface area contributed by atoms with Crippen molar-refractivity contribution in [3.05, 3.63) is 30.1 Å². The molecule has 2 aliphatic rings. The first-order valence-electron chi connectivity index (χ1n) is 10.2. The van der Waals surface area contributed by atoms with Gasteiger partial charge in [-0.05, 0) is 23.3 Å². The third kappa shape index (κ3) is 4.42. The molecule has 4 rings (SSSR count). The van der Waals surface area contributed by atoms with Crippen LogP contribution in [0.25, 0.3) is 0 Å². The Kier molecular flexibility index (Phi) is 5.96. The lowest BCUT2D eigenvalue weighted by Gasteiger charge is -2.33. The van der Waals surface area contributed by atoms with Gasteiger partial charge in [0.15, 0.2) is 11.6 Å². The number of carbonyl (C=O) groups is 2. The standard InChI is InChI=1S/C19H23F2N7O3/c1-2-17(29)22-9-14-10-27(19(30)31-14)13-7-15(20)18(16(21)8-13)26-5-3-12(4-6-26)28-11-23-24-25-28/h7-8,11-12,14H,2-6,9-10H2,1H3,(H,22,29)/t14-/m0/s1. The van der Waals surface area contributed by atoms with Crippen LogP contribution >= 0.6 is 0 Å². The Balaban J connectivity index is 1.43. The molecule has 0 radical (unpaired) electrons. The number of rotatable bonds is 6. The summed E-state index contributed by atoms with van der Waals surface area (Å²) in [6.07, 6.45) is 1.86. The molecular weight excluding hydrogens is 412 g/mol. The maximum atomic E-state index is 14.9. The topological polar surface area (TPSA) is 105 Å². The fraction of sp³-hybridized carbons (Fsp3) is 0.526. The van der Waals surface area contributed by atoms with Crippen molar-refractivity contribution in [3.8, 4) is 0 Å². The molecule has 10 nitrogen and oxygen atoms in total. The van der Waals surface area contributed by atoms with Crippen LogP contribution in [0.5, 0.6) is 0 Å². The molecule has 31 heavy (non-hydrogen) atoms. The van der Waals surface area contributed by atoms with Gasteiger partial charge in [-0.3, -0.25) is 9.69 Å². The third-order valence-electron chi connectivity index (χ3n) is 5.56. The smallest absolute Gasteiger partial charge is 0.414 e. The molecule has 1 aromatic carbocycles. The molecule has 1 aromatic heterocycles. The average Bonchev–Trinajstić information content (AvgIpc) is 3.42. The highest BCUT2D eigenvalue weighted by molar-refractivity contribution is 5.90. The molecule has 0 bridgehead atoms. The van der Waals surface area contributed by atoms with Gasteiger partial charge in [0, 0.05) is 31.6 Å². The first-order valence-corrected chi connectivity index (χ1v) is 10.2. The van der Waals surface area contributed by atoms with Crippen molar-refractivity contribution in [1.82, 2.24) is 25.5 Å². The zero-order valence-electron chi connectivity index (χ0n) is 17.0. The van der Waals surface area contributed by atoms with Crippen LogP contribution in [-0.4, -0.2) is 64.5 Å². The van der Waals surface area contributed by atoms with Gasteiger partial charge < -0.3 is 15.0 Å². The van der Waals surface area contributed by atoms with Crippen molar-refractivity contribution in [2.75, 3.05) is 36.0 Å². The molecule has 166 valence electrons. The summed E-state index contributed by atoms with van der Waals surface area (Å²) < 4.78 is 36.6. The van der Waals surface area contributed by atoms with Crippen molar-refractivity contribution in [2.45, 2.75) is 38.3 Å². The zero-order valence-corrected chi connectivity index (χ0v) is 17.0. The minimum absolute atomic E-state index is 0.0802. The Hall–Kier alpha value is -3.31. The molecule has 0 spiro atoms. The highest BCUT2D eigenvalue weighted by atomic mass is 19.1. The van der Waals surface area contributed by atoms with E-state index in [1.54, 1.807) is 16.5 Å². The third-order valence-corrected chi connectivity index (χ3v) is 5.56. The number of hydrogen-bond donors (Lipinski definition) is 1. The van der Waals surface area contributed by atoms with Gasteiger partial charge in [-0.2, -0.15) is 0 Å². The first-order chi connectivity index (χ1) is 15.0. The fourth-order valence-electron chi connectivity index (χ4n) is 3.89. The monoisotopic (exact) mass is 435 g/mol. The van der Waals surface area contributed by atoms with Gasteiger partial charge in [0.1, 0.15) is 18.1 Å². The summed E-state index contributed by atoms with van der Waals surface area (Å²) in [5.41, 5.74) is -0.0325. The van der Waals surface area contributed by atoms with Gasteiger partial charge in [0.2, 0.25) is 5.91 Å². The highest BCUT2D eigenvalue weighted by Crippen LogP contribution is 2.33. The lowest BCUT2D eigenvalue weighted by atomic mass is 10.0. The number of nitrogens with one attached hydrogen (secondary N) is 1. The van der Waals surface area contributed by atoms with Crippen LogP contribution < -0.4 is 15.1 Å². The van der Waals surface area contributed by atoms with Crippen molar-refractivity contribution < 1.29 is 23.1 Å². The molecule has 0 unspecified atom stereocenters. The van der Waals surface area contributed by atoms with Crippen molar-refractivity contribution in [1.29, 1.82) is 0 Å². The van der Waals surface area contributed by atoms with E-state index in [1.807, 2.05) is 0 Å². The van der Waals surface area contributed by atoms with Crippen LogP contribution in [0.3, 0.4) is 0 Å². The maximum Gasteiger partial charge on any atom is 0.414 e. The lowest BCUT2D eigenvalue weighted by molar-refractivity contribution is -0.121. The summed E-state index contributed by atoms with van der Waals surface area (Å²) in [7, 11) is 0. The van der Waals surface area contributed by atoms with E-state index in [0.717, 1.165) is 12.1 Å². The minimum Gasteiger partial charge on any atom is -0.442 e. The summed E-state index contributed by atoms with van der Waals surface area (Å²) in [6.45, 7) is 2.85. The maximum absolute atomic E-state index is 14.9. The number of carbonyl (C=O) groups excluding carboxylic acids is 2. The predicted octanol–water partition coefficient (Wildman–Crippen LogP) is 1.64. The summed E-state index contributed by atoms with van der Waals surface area (Å²) in [5, 5.41) is 13.8. The largest absolute Gasteiger partial charge is 0.442 e. The van der Waals surface area contributed by atoms with E-state index in [2.05, 4.69) is 20.8 Å². The van der Waals surface area contributed by atoms with E-state index in [4.69, 9.17) is 4.74 Å². The Bertz CT molecular complexity index is 925. The molecular formula is C19H23F2N7O3. The molecule has 1 N–H and O–H groups in total. The average molecular weight is 435 g/mol. The highest BCUT2D eigenvalue weighted by Gasteiger charge is 2.34. The van der Waals surface area contributed by atoms with E-state index in [0.29, 0.717) is 32.4 Å². The second-order valence-corrected chi connectivity index (χ2v) is 7.54. The molecule has 0 saturated carbocycles. The first kappa shape index (κ1) is 20.9. The summed E-state index contributed by atoms with van der Waals surface area (Å²) in [4.78, 5) is 26.4. The van der Waals surface area contributed by atoms with E-state index in [9.17, 15) is 18.4 Å². The van der Waals surface area contributed by atoms with Crippen LogP contribution in [0.15, 0.2) is 18.5 Å². The lowest BCUT2D eigenvalue weighted by Crippen LogP contribution is -2.36. The van der Waals surface area contributed by atoms with Crippen LogP contribution in [0.2, 0.25) is 0 Å². The van der Waals surface area contributed by atoms with Gasteiger partial charge in [-0.1, -0.05) is 6.92 Å². The van der Waals surface area contributed by atoms with Gasteiger partial charge in [0.25, 0.3) is 0 Å². The second kappa shape index (κ2) is 8.82. The van der Waals surface area contributed by atoms with E-state index < -0.39 is 23.8 Å². The van der Waals surface area contributed by atoms with Crippen molar-refractivity contribution >= 4 is 23.4 Å². The predicted molar refractivity (Wildman–Crippen MR) is 106 cm³/mol. The Morgan fingerprint density at radius 1 is 1.26 bits per heavy atom. The van der Waals surface area contributed by atoms with E-state index in [1.165, 1.54) is 11.2 Å². The summed E-state index contributed by atoms with van der Waals surface area (Å²) in [5.74, 6) is -1.65. The van der Waals surface area contributed by atoms with Gasteiger partial charge in [-0.25, -0.2) is 18.3 Å². The number of nitrogens with zero attached hydrogens (tertiary/aromatic N) is 6. The number of aromatic nitrogens is 4. The number of anilines is 2. The number of tetrazole rings is 1. The quantitative estimate of drug-likeness (QED) is 0.735. The number of benzene rings is 1. The van der Waals surface area contributed by atoms with Crippen molar-refractivity contribution in [2.24, 2.45) is 0 Å². The molecule has 1 atom stereocenters. The number of ether oxygens (including phenoxy) is 1. The molecule has 2 aliphatic heterocycles. The normalized spacial score (nSPS) is 19.6. The molecule has 2 amide bonds. The molecule has 12 heteroatoms. The van der Waals surface area contributed by atoms with Crippen LogP contribution in [0, 0.1) is 11.6 Å². The SMILES string of the molecule is CCC(=O)NC[C@H]1CN(c2cc(F)c(N3CCC(n4cnnn4)CC3)c(F)c2)C(=O)O1. The second-order valence-electron chi connectivity index (χ2n) is 7.54. The van der Waals surface area contributed by atoms with Gasteiger partial charge in [-0.15, -0.1) is 5.10 Å². The molecule has 2 saturated heterocycles. The van der Waals surface area contributed by atoms with Gasteiger partial charge >= 0.3 is 6.09 Å². The Morgan fingerprint density at radius 2 is 1.97 bits per heavy atom. The minimum atomic E-state index is -0.744.